The van der Waals surface area contributed by atoms with E-state index in [0.717, 1.165) is 36.2 Å². The van der Waals surface area contributed by atoms with E-state index < -0.39 is 34.6 Å². The summed E-state index contributed by atoms with van der Waals surface area (Å²) in [5.74, 6) is -3.62. The van der Waals surface area contributed by atoms with Crippen LogP contribution in [0.25, 0.3) is 11.3 Å². The van der Waals surface area contributed by atoms with E-state index in [1.165, 1.54) is 6.20 Å². The van der Waals surface area contributed by atoms with Gasteiger partial charge in [0.1, 0.15) is 17.3 Å². The van der Waals surface area contributed by atoms with Gasteiger partial charge in [-0.2, -0.15) is 0 Å². The number of rotatable bonds is 5. The summed E-state index contributed by atoms with van der Waals surface area (Å²) in [6.45, 7) is 2.06. The zero-order chi connectivity index (χ0) is 25.3. The van der Waals surface area contributed by atoms with E-state index in [0.29, 0.717) is 12.1 Å². The lowest BCUT2D eigenvalue weighted by molar-refractivity contribution is 0.00983. The molecule has 0 radical (unpaired) electrons. The van der Waals surface area contributed by atoms with Gasteiger partial charge in [0, 0.05) is 25.4 Å². The molecule has 0 spiro atoms. The smallest absolute Gasteiger partial charge is 0.276 e. The summed E-state index contributed by atoms with van der Waals surface area (Å²) in [6, 6.07) is 5.53. The van der Waals surface area contributed by atoms with Gasteiger partial charge in [-0.3, -0.25) is 9.78 Å². The maximum absolute atomic E-state index is 14.6. The van der Waals surface area contributed by atoms with Gasteiger partial charge in [-0.1, -0.05) is 13.0 Å². The van der Waals surface area contributed by atoms with Gasteiger partial charge in [-0.05, 0) is 48.4 Å². The number of nitrogens with two attached hydrogens (primary N) is 2. The van der Waals surface area contributed by atoms with E-state index in [1.807, 2.05) is 0 Å². The topological polar surface area (TPSA) is 116 Å². The lowest BCUT2D eigenvalue weighted by Gasteiger charge is -2.38. The highest BCUT2D eigenvalue weighted by atomic mass is 19.1. The van der Waals surface area contributed by atoms with E-state index in [4.69, 9.17) is 16.2 Å². The SMILES string of the molecule is CO[C@H]1[C@H](N)C[C@H](c2ccncc2NC(=O)c2nc(-c3c(F)cccc3F)c(F)cc2N)C[C@@H]1C. The lowest BCUT2D eigenvalue weighted by Crippen LogP contribution is -2.45. The van der Waals surface area contributed by atoms with E-state index in [2.05, 4.69) is 22.2 Å². The second kappa shape index (κ2) is 10.0. The average molecular weight is 486 g/mol. The van der Waals surface area contributed by atoms with Gasteiger partial charge in [-0.15, -0.1) is 0 Å². The third-order valence-corrected chi connectivity index (χ3v) is 6.43. The molecule has 10 heteroatoms. The number of nitrogens with zero attached hydrogens (tertiary/aromatic N) is 2. The first-order valence-electron chi connectivity index (χ1n) is 11.1. The Kier molecular flexibility index (Phi) is 7.04. The largest absolute Gasteiger partial charge is 0.397 e. The van der Waals surface area contributed by atoms with Crippen LogP contribution in [0.3, 0.4) is 0 Å². The summed E-state index contributed by atoms with van der Waals surface area (Å²) >= 11 is 0. The number of hydrogen-bond acceptors (Lipinski definition) is 6. The Labute approximate surface area is 200 Å². The van der Waals surface area contributed by atoms with Gasteiger partial charge in [-0.25, -0.2) is 18.2 Å². The van der Waals surface area contributed by atoms with Crippen molar-refractivity contribution in [2.24, 2.45) is 11.7 Å². The number of carbonyl (C=O) groups excluding carboxylic acids is 1. The van der Waals surface area contributed by atoms with E-state index in [-0.39, 0.29) is 35.4 Å². The molecule has 35 heavy (non-hydrogen) atoms. The van der Waals surface area contributed by atoms with Crippen molar-refractivity contribution in [2.45, 2.75) is 37.8 Å². The Bertz CT molecular complexity index is 1220. The van der Waals surface area contributed by atoms with Crippen molar-refractivity contribution < 1.29 is 22.7 Å². The summed E-state index contributed by atoms with van der Waals surface area (Å²) in [6.07, 6.45) is 4.47. The molecule has 184 valence electrons. The fourth-order valence-electron chi connectivity index (χ4n) is 4.86. The molecule has 4 rings (SSSR count). The molecular weight excluding hydrogens is 459 g/mol. The summed E-state index contributed by atoms with van der Waals surface area (Å²) in [4.78, 5) is 21.1. The van der Waals surface area contributed by atoms with Crippen molar-refractivity contribution in [1.82, 2.24) is 9.97 Å². The van der Waals surface area contributed by atoms with Gasteiger partial charge in [0.2, 0.25) is 0 Å². The first-order valence-corrected chi connectivity index (χ1v) is 11.1. The number of benzene rings is 1. The van der Waals surface area contributed by atoms with Crippen LogP contribution >= 0.6 is 0 Å². The van der Waals surface area contributed by atoms with E-state index in [9.17, 15) is 18.0 Å². The molecule has 0 bridgehead atoms. The predicted molar refractivity (Wildman–Crippen MR) is 126 cm³/mol. The molecule has 1 aliphatic rings. The maximum Gasteiger partial charge on any atom is 0.276 e. The summed E-state index contributed by atoms with van der Waals surface area (Å²) in [7, 11) is 1.64. The Morgan fingerprint density at radius 2 is 1.86 bits per heavy atom. The van der Waals surface area contributed by atoms with Crippen molar-refractivity contribution in [2.75, 3.05) is 18.2 Å². The standard InChI is InChI=1S/C25H26F3N5O2/c1-12-8-13(9-19(30)24(12)35-2)14-6-7-31-11-20(14)32-25(34)23-18(29)10-17(28)22(33-23)21-15(26)4-3-5-16(21)27/h3-7,10-13,19,24H,8-9,29-30H2,1-2H3,(H,32,34)/t12-,13+,19+,24+/m0/s1. The summed E-state index contributed by atoms with van der Waals surface area (Å²) in [5.41, 5.74) is 11.4. The van der Waals surface area contributed by atoms with Crippen molar-refractivity contribution >= 4 is 17.3 Å². The van der Waals surface area contributed by atoms with Gasteiger partial charge < -0.3 is 21.5 Å². The first kappa shape index (κ1) is 24.6. The molecule has 1 amide bonds. The number of pyridine rings is 2. The van der Waals surface area contributed by atoms with Crippen molar-refractivity contribution in [3.63, 3.8) is 0 Å². The number of methoxy groups -OCH3 is 1. The Hall–Kier alpha value is -3.50. The maximum atomic E-state index is 14.6. The van der Waals surface area contributed by atoms with Crippen LogP contribution < -0.4 is 16.8 Å². The quantitative estimate of drug-likeness (QED) is 0.498. The van der Waals surface area contributed by atoms with Crippen LogP contribution in [0.4, 0.5) is 24.5 Å². The van der Waals surface area contributed by atoms with Crippen LogP contribution in [0.5, 0.6) is 0 Å². The lowest BCUT2D eigenvalue weighted by atomic mass is 9.74. The number of halogens is 3. The Balaban J connectivity index is 1.66. The number of hydrogen-bond donors (Lipinski definition) is 3. The van der Waals surface area contributed by atoms with Crippen LogP contribution in [0.1, 0.15) is 41.7 Å². The van der Waals surface area contributed by atoms with Gasteiger partial charge >= 0.3 is 0 Å². The molecule has 2 aromatic heterocycles. The second-order valence-corrected chi connectivity index (χ2v) is 8.78. The normalized spacial score (nSPS) is 22.1. The highest BCUT2D eigenvalue weighted by Crippen LogP contribution is 2.39. The molecule has 5 N–H and O–H groups in total. The monoisotopic (exact) mass is 485 g/mol. The number of anilines is 2. The van der Waals surface area contributed by atoms with Gasteiger partial charge in [0.05, 0.1) is 29.2 Å². The molecule has 4 atom stereocenters. The fourth-order valence-corrected chi connectivity index (χ4v) is 4.86. The summed E-state index contributed by atoms with van der Waals surface area (Å²) < 4.78 is 48.6. The molecule has 7 nitrogen and oxygen atoms in total. The number of nitrogen functional groups attached to an aromatic ring is 1. The second-order valence-electron chi connectivity index (χ2n) is 8.78. The van der Waals surface area contributed by atoms with Crippen molar-refractivity contribution in [1.29, 1.82) is 0 Å². The molecule has 3 aromatic rings. The first-order chi connectivity index (χ1) is 16.7. The molecule has 0 aliphatic heterocycles. The minimum absolute atomic E-state index is 0.0336. The number of amides is 1. The number of ether oxygens (including phenoxy) is 1. The number of carbonyl (C=O) groups is 1. The third kappa shape index (κ3) is 4.85. The Morgan fingerprint density at radius 3 is 2.51 bits per heavy atom. The molecule has 0 unspecified atom stereocenters. The average Bonchev–Trinajstić information content (AvgIpc) is 2.80. The van der Waals surface area contributed by atoms with Gasteiger partial charge in [0.15, 0.2) is 11.5 Å². The van der Waals surface area contributed by atoms with Crippen LogP contribution in [-0.4, -0.2) is 35.1 Å². The molecule has 1 fully saturated rings. The zero-order valence-electron chi connectivity index (χ0n) is 19.3. The minimum Gasteiger partial charge on any atom is -0.397 e. The van der Waals surface area contributed by atoms with Crippen LogP contribution in [-0.2, 0) is 4.74 Å². The molecule has 2 heterocycles. The number of aromatic nitrogens is 2. The van der Waals surface area contributed by atoms with E-state index >= 15 is 0 Å². The molecule has 1 aliphatic carbocycles. The van der Waals surface area contributed by atoms with Crippen molar-refractivity contribution in [3.05, 3.63) is 71.4 Å². The third-order valence-electron chi connectivity index (χ3n) is 6.43. The highest BCUT2D eigenvalue weighted by Gasteiger charge is 2.35. The van der Waals surface area contributed by atoms with Crippen LogP contribution in [0.2, 0.25) is 0 Å². The van der Waals surface area contributed by atoms with Gasteiger partial charge in [0.25, 0.3) is 5.91 Å². The minimum atomic E-state index is -1.05. The fraction of sp³-hybridized carbons (Fsp3) is 0.320. The molecular formula is C25H26F3N5O2. The molecule has 1 aromatic carbocycles. The number of nitrogens with one attached hydrogen (secondary N) is 1. The molecule has 1 saturated carbocycles. The zero-order valence-corrected chi connectivity index (χ0v) is 19.3. The highest BCUT2D eigenvalue weighted by molar-refractivity contribution is 6.07. The predicted octanol–water partition coefficient (Wildman–Crippen LogP) is 4.25. The van der Waals surface area contributed by atoms with Crippen molar-refractivity contribution in [3.8, 4) is 11.3 Å². The van der Waals surface area contributed by atoms with Crippen LogP contribution in [0, 0.1) is 23.4 Å². The summed E-state index contributed by atoms with van der Waals surface area (Å²) in [5, 5.41) is 2.72. The van der Waals surface area contributed by atoms with Crippen LogP contribution in [0.15, 0.2) is 42.7 Å². The Morgan fingerprint density at radius 1 is 1.14 bits per heavy atom. The molecule has 0 saturated heterocycles. The van der Waals surface area contributed by atoms with E-state index in [1.54, 1.807) is 19.4 Å².